The number of halogens is 4. The third-order valence-corrected chi connectivity index (χ3v) is 19.6. The number of amides is 6. The van der Waals surface area contributed by atoms with Crippen molar-refractivity contribution in [3.63, 3.8) is 0 Å². The minimum absolute atomic E-state index is 0. The molecule has 3 fully saturated rings. The maximum atomic E-state index is 12.7. The van der Waals surface area contributed by atoms with Crippen LogP contribution in [0.3, 0.4) is 0 Å². The summed E-state index contributed by atoms with van der Waals surface area (Å²) in [5, 5.41) is 71.4. The number of aliphatic hydroxyl groups excluding tert-OH is 6. The van der Waals surface area contributed by atoms with Gasteiger partial charge in [-0.05, 0) is 123 Å². The predicted molar refractivity (Wildman–Crippen MR) is 434 cm³/mol. The SMILES string of the molecule is C.C.C.O=C(NCc1ccc(/C=C/c2ccccc2)cc1)[C@H](O)[C@@H](O)C(=O)N1CCN(c2ccccc2Cl)CC1.O=C(NCc1ccc(CCc2ccccc2)cc1)[C@H](O)[C@@H](O)C(=O)N1CCN(c2ccccc2Cl)CC1.O=C(NCc1ccc(I)cc1)[C@H](O)[C@@H](O)C(=O)N1CCN(c2ccccc2Cl)CC1. The molecule has 6 amide bonds. The minimum atomic E-state index is -1.86. The second kappa shape index (κ2) is 43.8. The molecular weight excluding hydrogens is 1540 g/mol. The highest BCUT2D eigenvalue weighted by molar-refractivity contribution is 14.1. The molecule has 3 aliphatic rings. The normalized spacial score (nSPS) is 15.1. The van der Waals surface area contributed by atoms with Crippen LogP contribution in [0.4, 0.5) is 17.1 Å². The molecule has 0 aromatic heterocycles. The van der Waals surface area contributed by atoms with Crippen LogP contribution in [0.25, 0.3) is 12.2 Å². The van der Waals surface area contributed by atoms with E-state index in [1.54, 1.807) is 0 Å². The Labute approximate surface area is 656 Å². The summed E-state index contributed by atoms with van der Waals surface area (Å²) in [6.07, 6.45) is -5.14. The van der Waals surface area contributed by atoms with E-state index in [1.165, 1.54) is 25.8 Å². The first-order valence-corrected chi connectivity index (χ1v) is 36.4. The molecule has 0 spiro atoms. The maximum Gasteiger partial charge on any atom is 0.254 e. The smallest absolute Gasteiger partial charge is 0.254 e. The number of anilines is 3. The number of aryl methyl sites for hydroxylation is 2. The fraction of sp³-hybridized carbons (Fsp3) is 0.317. The van der Waals surface area contributed by atoms with Gasteiger partial charge in [0.25, 0.3) is 35.4 Å². The zero-order chi connectivity index (χ0) is 74.1. The van der Waals surface area contributed by atoms with Gasteiger partial charge in [0.1, 0.15) is 0 Å². The number of aliphatic hydroxyl groups is 6. The molecule has 3 heterocycles. The summed E-state index contributed by atoms with van der Waals surface area (Å²) >= 11 is 20.9. The quantitative estimate of drug-likeness (QED) is 0.0213. The Balaban J connectivity index is 0.000000249. The fourth-order valence-corrected chi connectivity index (χ4v) is 12.9. The molecule has 0 radical (unpaired) electrons. The molecular formula is C82H97Cl3IN9O12. The Bertz CT molecular complexity index is 4130. The van der Waals surface area contributed by atoms with Gasteiger partial charge in [-0.1, -0.05) is 227 Å². The lowest BCUT2D eigenvalue weighted by atomic mass is 10.0. The number of carbonyl (C=O) groups is 6. The van der Waals surface area contributed by atoms with Gasteiger partial charge in [-0.15, -0.1) is 0 Å². The number of hydrogen-bond acceptors (Lipinski definition) is 15. The average Bonchev–Trinajstić information content (AvgIpc) is 0.827. The first-order chi connectivity index (χ1) is 50.2. The van der Waals surface area contributed by atoms with E-state index in [2.05, 4.69) is 65.4 Å². The van der Waals surface area contributed by atoms with E-state index >= 15 is 0 Å². The highest BCUT2D eigenvalue weighted by Crippen LogP contribution is 2.29. The van der Waals surface area contributed by atoms with E-state index < -0.39 is 72.1 Å². The molecule has 0 bridgehead atoms. The van der Waals surface area contributed by atoms with Crippen molar-refractivity contribution in [2.24, 2.45) is 0 Å². The molecule has 3 aliphatic heterocycles. The van der Waals surface area contributed by atoms with Gasteiger partial charge in [0, 0.05) is 102 Å². The van der Waals surface area contributed by atoms with Crippen molar-refractivity contribution in [3.05, 3.63) is 264 Å². The third-order valence-electron chi connectivity index (χ3n) is 17.9. The van der Waals surface area contributed by atoms with Gasteiger partial charge in [-0.3, -0.25) is 28.8 Å². The van der Waals surface area contributed by atoms with Crippen molar-refractivity contribution in [2.45, 2.75) is 91.4 Å². The molecule has 25 heteroatoms. The zero-order valence-corrected chi connectivity index (χ0v) is 61.5. The second-order valence-electron chi connectivity index (χ2n) is 25.0. The van der Waals surface area contributed by atoms with Crippen LogP contribution in [-0.2, 0) is 61.2 Å². The molecule has 0 unspecified atom stereocenters. The van der Waals surface area contributed by atoms with Crippen LogP contribution in [0.5, 0.6) is 0 Å². The monoisotopic (exact) mass is 1630 g/mol. The van der Waals surface area contributed by atoms with Crippen LogP contribution in [0, 0.1) is 3.57 Å². The number of nitrogens with zero attached hydrogens (tertiary/aromatic N) is 6. The minimum Gasteiger partial charge on any atom is -0.380 e. The standard InChI is InChI=1S/C29H32ClN3O4.C29H30ClN3O4.C21H23ClIN3O4.3CH4/c2*30-24-8-4-5-9-25(24)32-16-18-33(19-17-32)29(37)27(35)26(34)28(36)31-20-23-14-12-22(13-15-23)11-10-21-6-2-1-3-7-21;22-16-3-1-2-4-17(16)25-9-11-26(12-10-25)21(30)19(28)18(27)20(29)24-13-14-5-7-15(23)8-6-14;;;/h1-9,12-15,26-27,34-35H,10-11,16-20H2,(H,31,36);1-15,26-27,34-35H,16-20H2,(H,31,36);1-8,18-19,27-28H,9-13H2,(H,24,29);3*1H4/b;11-10+;;;;/t2*26-,27-;18-,19-;;;/m111.../s1. The topological polar surface area (TPSA) is 279 Å². The van der Waals surface area contributed by atoms with Crippen molar-refractivity contribution in [2.75, 3.05) is 93.2 Å². The fourth-order valence-electron chi connectivity index (χ4n) is 11.8. The highest BCUT2D eigenvalue weighted by Gasteiger charge is 2.38. The summed E-state index contributed by atoms with van der Waals surface area (Å²) in [5.74, 6) is -4.37. The largest absolute Gasteiger partial charge is 0.380 e. The van der Waals surface area contributed by atoms with Crippen molar-refractivity contribution in [1.29, 1.82) is 0 Å². The molecule has 6 atom stereocenters. The van der Waals surface area contributed by atoms with Gasteiger partial charge in [-0.25, -0.2) is 0 Å². The number of hydrogen-bond donors (Lipinski definition) is 9. The first kappa shape index (κ1) is 87.0. The van der Waals surface area contributed by atoms with E-state index in [9.17, 15) is 59.4 Å². The molecule has 0 saturated carbocycles. The lowest BCUT2D eigenvalue weighted by Crippen LogP contribution is -2.55. The molecule has 8 aromatic carbocycles. The zero-order valence-electron chi connectivity index (χ0n) is 57.1. The summed E-state index contributed by atoms with van der Waals surface area (Å²) in [7, 11) is 0. The Hall–Kier alpha value is -8.92. The number of nitrogens with one attached hydrogen (secondary N) is 3. The molecule has 8 aromatic rings. The predicted octanol–water partition coefficient (Wildman–Crippen LogP) is 9.55. The first-order valence-electron chi connectivity index (χ1n) is 34.2. The van der Waals surface area contributed by atoms with Crippen LogP contribution < -0.4 is 30.7 Å². The molecule has 9 N–H and O–H groups in total. The van der Waals surface area contributed by atoms with Crippen LogP contribution in [-0.4, -0.2) is 196 Å². The van der Waals surface area contributed by atoms with Gasteiger partial charge in [0.15, 0.2) is 36.6 Å². The van der Waals surface area contributed by atoms with Crippen molar-refractivity contribution in [3.8, 4) is 0 Å². The molecule has 21 nitrogen and oxygen atoms in total. The van der Waals surface area contributed by atoms with Crippen LogP contribution in [0.1, 0.15) is 61.2 Å². The molecule has 107 heavy (non-hydrogen) atoms. The number of benzene rings is 8. The summed E-state index contributed by atoms with van der Waals surface area (Å²) < 4.78 is 1.07. The number of para-hydroxylation sites is 3. The number of piperazine rings is 3. The average molecular weight is 1630 g/mol. The van der Waals surface area contributed by atoms with Gasteiger partial charge in [0.2, 0.25) is 0 Å². The maximum absolute atomic E-state index is 12.7. The van der Waals surface area contributed by atoms with E-state index in [4.69, 9.17) is 34.8 Å². The van der Waals surface area contributed by atoms with Gasteiger partial charge < -0.3 is 76.0 Å². The summed E-state index contributed by atoms with van der Waals surface area (Å²) in [5.41, 5.74) is 9.79. The van der Waals surface area contributed by atoms with E-state index in [0.29, 0.717) is 93.6 Å². The van der Waals surface area contributed by atoms with Gasteiger partial charge >= 0.3 is 0 Å². The van der Waals surface area contributed by atoms with E-state index in [1.807, 2.05) is 206 Å². The summed E-state index contributed by atoms with van der Waals surface area (Å²) in [4.78, 5) is 85.6. The summed E-state index contributed by atoms with van der Waals surface area (Å²) in [6, 6.07) is 65.7. The molecule has 3 saturated heterocycles. The van der Waals surface area contributed by atoms with Crippen molar-refractivity contribution < 1.29 is 59.4 Å². The Morgan fingerprint density at radius 2 is 0.579 bits per heavy atom. The number of rotatable bonds is 23. The Morgan fingerprint density at radius 3 is 0.897 bits per heavy atom. The van der Waals surface area contributed by atoms with Crippen molar-refractivity contribution in [1.82, 2.24) is 30.7 Å². The molecule has 570 valence electrons. The van der Waals surface area contributed by atoms with E-state index in [0.717, 1.165) is 61.3 Å². The molecule has 0 aliphatic carbocycles. The second-order valence-corrected chi connectivity index (χ2v) is 27.5. The molecule has 11 rings (SSSR count). The van der Waals surface area contributed by atoms with Crippen LogP contribution in [0.2, 0.25) is 15.1 Å². The number of carbonyl (C=O) groups excluding carboxylic acids is 6. The van der Waals surface area contributed by atoms with Crippen LogP contribution >= 0.6 is 57.4 Å². The lowest BCUT2D eigenvalue weighted by Gasteiger charge is -2.37. The third kappa shape index (κ3) is 25.6. The Morgan fingerprint density at radius 1 is 0.327 bits per heavy atom. The lowest BCUT2D eigenvalue weighted by molar-refractivity contribution is -0.153. The van der Waals surface area contributed by atoms with Crippen molar-refractivity contribution >= 4 is 122 Å². The van der Waals surface area contributed by atoms with E-state index in [-0.39, 0.29) is 41.9 Å². The Kier molecular flexibility index (Phi) is 35.6. The van der Waals surface area contributed by atoms with Crippen LogP contribution in [0.15, 0.2) is 206 Å². The summed E-state index contributed by atoms with van der Waals surface area (Å²) in [6.45, 7) is 5.87. The van der Waals surface area contributed by atoms with Gasteiger partial charge in [0.05, 0.1) is 32.1 Å². The van der Waals surface area contributed by atoms with Gasteiger partial charge in [-0.2, -0.15) is 0 Å². The highest BCUT2D eigenvalue weighted by atomic mass is 127.